The van der Waals surface area contributed by atoms with Crippen molar-refractivity contribution in [3.63, 3.8) is 0 Å². The second-order valence-corrected chi connectivity index (χ2v) is 1.49. The molecule has 1 N–H and O–H groups in total. The summed E-state index contributed by atoms with van der Waals surface area (Å²) in [5.41, 5.74) is 0. The molecule has 0 spiro atoms. The molecule has 0 unspecified atom stereocenters. The fourth-order valence-electron chi connectivity index (χ4n) is 0.140. The molecule has 0 heterocycles. The Morgan fingerprint density at radius 2 is 1.50 bits per heavy atom. The van der Waals surface area contributed by atoms with Gasteiger partial charge in [-0.3, -0.25) is 0 Å². The van der Waals surface area contributed by atoms with Gasteiger partial charge in [-0.25, -0.2) is 9.78 Å². The van der Waals surface area contributed by atoms with Crippen molar-refractivity contribution < 1.29 is 24.0 Å². The van der Waals surface area contributed by atoms with E-state index in [1.807, 2.05) is 0 Å². The van der Waals surface area contributed by atoms with Crippen molar-refractivity contribution in [2.24, 2.45) is 0 Å². The monoisotopic (exact) mass is 142 g/mol. The van der Waals surface area contributed by atoms with Gasteiger partial charge in [0.15, 0.2) is 0 Å². The van der Waals surface area contributed by atoms with Crippen LogP contribution in [0.15, 0.2) is 0 Å². The van der Waals surface area contributed by atoms with Crippen LogP contribution in [-0.4, -0.2) is 19.1 Å². The summed E-state index contributed by atoms with van der Waals surface area (Å²) >= 11 is 0. The quantitative estimate of drug-likeness (QED) is 0.349. The Hall–Kier alpha value is 0.230. The Bertz CT molecular complexity index is 43.7. The molecular formula is C2H7O5P. The SMILES string of the molecule is COOP(O)OOC. The first-order valence-corrected chi connectivity index (χ1v) is 2.85. The molecule has 0 amide bonds. The Kier molecular flexibility index (Phi) is 5.52. The molecule has 0 fully saturated rings. The summed E-state index contributed by atoms with van der Waals surface area (Å²) in [5, 5.41) is 0. The first kappa shape index (κ1) is 8.23. The third-order valence-electron chi connectivity index (χ3n) is 0.277. The topological polar surface area (TPSA) is 57.2 Å². The van der Waals surface area contributed by atoms with Crippen molar-refractivity contribution in [3.8, 4) is 0 Å². The minimum atomic E-state index is -2.03. The van der Waals surface area contributed by atoms with Gasteiger partial charge < -0.3 is 4.89 Å². The normalized spacial score (nSPS) is 10.5. The van der Waals surface area contributed by atoms with E-state index in [9.17, 15) is 0 Å². The van der Waals surface area contributed by atoms with E-state index < -0.39 is 8.60 Å². The van der Waals surface area contributed by atoms with Gasteiger partial charge in [0, 0.05) is 0 Å². The number of hydrogen-bond donors (Lipinski definition) is 1. The van der Waals surface area contributed by atoms with Gasteiger partial charge in [0.25, 0.3) is 0 Å². The molecule has 6 heteroatoms. The molecule has 0 aromatic carbocycles. The molecule has 8 heavy (non-hydrogen) atoms. The molecule has 0 aliphatic rings. The van der Waals surface area contributed by atoms with Gasteiger partial charge in [0.1, 0.15) is 0 Å². The van der Waals surface area contributed by atoms with Crippen LogP contribution in [0.3, 0.4) is 0 Å². The predicted octanol–water partition coefficient (Wildman–Crippen LogP) is 0.362. The molecule has 0 aliphatic heterocycles. The Morgan fingerprint density at radius 1 is 1.12 bits per heavy atom. The lowest BCUT2D eigenvalue weighted by molar-refractivity contribution is -0.242. The zero-order valence-corrected chi connectivity index (χ0v) is 5.42. The van der Waals surface area contributed by atoms with Crippen molar-refractivity contribution in [3.05, 3.63) is 0 Å². The van der Waals surface area contributed by atoms with E-state index >= 15 is 0 Å². The summed E-state index contributed by atoms with van der Waals surface area (Å²) < 4.78 is 8.11. The van der Waals surface area contributed by atoms with E-state index in [-0.39, 0.29) is 0 Å². The lowest BCUT2D eigenvalue weighted by atomic mass is 11.8. The second kappa shape index (κ2) is 5.37. The van der Waals surface area contributed by atoms with Crippen LogP contribution in [0, 0.1) is 0 Å². The molecule has 0 aromatic rings. The highest BCUT2D eigenvalue weighted by Crippen LogP contribution is 2.31. The maximum Gasteiger partial charge on any atom is 0.389 e. The average Bonchev–Trinajstić information content (AvgIpc) is 1.68. The first-order chi connectivity index (χ1) is 3.81. The van der Waals surface area contributed by atoms with E-state index in [2.05, 4.69) is 19.1 Å². The van der Waals surface area contributed by atoms with Crippen LogP contribution in [-0.2, 0) is 19.1 Å². The van der Waals surface area contributed by atoms with Crippen molar-refractivity contribution in [2.45, 2.75) is 0 Å². The smallest absolute Gasteiger partial charge is 0.325 e. The Morgan fingerprint density at radius 3 is 1.75 bits per heavy atom. The fraction of sp³-hybridized carbons (Fsp3) is 1.00. The molecule has 0 saturated heterocycles. The van der Waals surface area contributed by atoms with Crippen molar-refractivity contribution in [1.29, 1.82) is 0 Å². The summed E-state index contributed by atoms with van der Waals surface area (Å²) in [6.07, 6.45) is 0. The minimum absolute atomic E-state index is 1.25. The molecule has 0 rings (SSSR count). The minimum Gasteiger partial charge on any atom is -0.325 e. The number of hydrogen-bond acceptors (Lipinski definition) is 5. The summed E-state index contributed by atoms with van der Waals surface area (Å²) in [7, 11) is 0.484. The highest BCUT2D eigenvalue weighted by Gasteiger charge is 2.04. The van der Waals surface area contributed by atoms with E-state index in [1.54, 1.807) is 0 Å². The summed E-state index contributed by atoms with van der Waals surface area (Å²) in [6, 6.07) is 0. The van der Waals surface area contributed by atoms with Gasteiger partial charge in [-0.15, -0.1) is 0 Å². The molecule has 0 radical (unpaired) electrons. The summed E-state index contributed by atoms with van der Waals surface area (Å²) in [6.45, 7) is 0. The van der Waals surface area contributed by atoms with Crippen molar-refractivity contribution >= 4 is 8.60 Å². The molecule has 0 saturated carbocycles. The Labute approximate surface area is 48.0 Å². The maximum absolute atomic E-state index is 8.42. The van der Waals surface area contributed by atoms with Crippen LogP contribution in [0.25, 0.3) is 0 Å². The molecule has 0 aromatic heterocycles. The molecular weight excluding hydrogens is 135 g/mol. The summed E-state index contributed by atoms with van der Waals surface area (Å²) in [5.74, 6) is 0. The fourth-order valence-corrected chi connectivity index (χ4v) is 0.420. The van der Waals surface area contributed by atoms with Crippen molar-refractivity contribution in [2.75, 3.05) is 14.2 Å². The third kappa shape index (κ3) is 4.39. The van der Waals surface area contributed by atoms with E-state index in [0.717, 1.165) is 0 Å². The lowest BCUT2D eigenvalue weighted by Crippen LogP contribution is -1.86. The van der Waals surface area contributed by atoms with E-state index in [4.69, 9.17) is 4.89 Å². The molecule has 50 valence electrons. The standard InChI is InChI=1S/C2H7O5P/c1-4-6-8(3)7-5-2/h3H,1-2H3. The van der Waals surface area contributed by atoms with Gasteiger partial charge >= 0.3 is 8.60 Å². The van der Waals surface area contributed by atoms with Crippen LogP contribution in [0.1, 0.15) is 0 Å². The zero-order chi connectivity index (χ0) is 6.41. The average molecular weight is 142 g/mol. The van der Waals surface area contributed by atoms with Gasteiger partial charge in [-0.05, 0) is 0 Å². The molecule has 0 atom stereocenters. The Balaban J connectivity index is 2.92. The largest absolute Gasteiger partial charge is 0.389 e. The molecule has 0 aliphatic carbocycles. The van der Waals surface area contributed by atoms with E-state index in [0.29, 0.717) is 0 Å². The number of rotatable bonds is 4. The van der Waals surface area contributed by atoms with Crippen LogP contribution in [0.2, 0.25) is 0 Å². The van der Waals surface area contributed by atoms with Crippen LogP contribution in [0.4, 0.5) is 0 Å². The van der Waals surface area contributed by atoms with Crippen LogP contribution in [0.5, 0.6) is 0 Å². The van der Waals surface area contributed by atoms with Crippen molar-refractivity contribution in [1.82, 2.24) is 0 Å². The highest BCUT2D eigenvalue weighted by molar-refractivity contribution is 7.40. The van der Waals surface area contributed by atoms with Gasteiger partial charge in [0.2, 0.25) is 0 Å². The highest BCUT2D eigenvalue weighted by atomic mass is 31.2. The van der Waals surface area contributed by atoms with Gasteiger partial charge in [-0.2, -0.15) is 9.35 Å². The van der Waals surface area contributed by atoms with Crippen LogP contribution < -0.4 is 0 Å². The summed E-state index contributed by atoms with van der Waals surface area (Å²) in [4.78, 5) is 16.5. The van der Waals surface area contributed by atoms with E-state index in [1.165, 1.54) is 14.2 Å². The zero-order valence-electron chi connectivity index (χ0n) is 4.53. The lowest BCUT2D eigenvalue weighted by Gasteiger charge is -2.02. The molecule has 0 bridgehead atoms. The van der Waals surface area contributed by atoms with Crippen LogP contribution >= 0.6 is 8.60 Å². The third-order valence-corrected chi connectivity index (χ3v) is 0.830. The maximum atomic E-state index is 8.42. The predicted molar refractivity (Wildman–Crippen MR) is 25.3 cm³/mol. The van der Waals surface area contributed by atoms with Gasteiger partial charge in [-0.1, -0.05) is 0 Å². The first-order valence-electron chi connectivity index (χ1n) is 1.71. The molecule has 5 nitrogen and oxygen atoms in total. The second-order valence-electron chi connectivity index (χ2n) is 0.720. The van der Waals surface area contributed by atoms with Gasteiger partial charge in [0.05, 0.1) is 14.2 Å².